The molecule has 0 radical (unpaired) electrons. The van der Waals surface area contributed by atoms with Crippen LogP contribution in [0.4, 0.5) is 0 Å². The van der Waals surface area contributed by atoms with E-state index in [0.29, 0.717) is 18.9 Å². The van der Waals surface area contributed by atoms with Crippen LogP contribution >= 0.6 is 11.3 Å². The molecule has 0 fully saturated rings. The summed E-state index contributed by atoms with van der Waals surface area (Å²) in [5.41, 5.74) is 1.94. The maximum Gasteiger partial charge on any atom is 0.224 e. The van der Waals surface area contributed by atoms with E-state index < -0.39 is 0 Å². The Balaban J connectivity index is 1.90. The molecule has 0 saturated carbocycles. The number of carbonyl (C=O) groups is 1. The summed E-state index contributed by atoms with van der Waals surface area (Å²) in [6, 6.07) is 3.74. The lowest BCUT2D eigenvalue weighted by Gasteiger charge is -2.04. The summed E-state index contributed by atoms with van der Waals surface area (Å²) in [6.45, 7) is 6.80. The number of hydrogen-bond donors (Lipinski definition) is 1. The SMILES string of the molecule is Cc1nc(C(C)C)sc1CNC(=O)Cc1cccnc1. The summed E-state index contributed by atoms with van der Waals surface area (Å²) in [7, 11) is 0. The highest BCUT2D eigenvalue weighted by atomic mass is 32.1. The van der Waals surface area contributed by atoms with Crippen molar-refractivity contribution in [2.75, 3.05) is 0 Å². The standard InChI is InChI=1S/C15H19N3OS/c1-10(2)15-18-11(3)13(20-15)9-17-14(19)7-12-5-4-6-16-8-12/h4-6,8,10H,7,9H2,1-3H3,(H,17,19). The summed E-state index contributed by atoms with van der Waals surface area (Å²) >= 11 is 1.68. The highest BCUT2D eigenvalue weighted by Crippen LogP contribution is 2.24. The van der Waals surface area contributed by atoms with Gasteiger partial charge in [-0.2, -0.15) is 0 Å². The van der Waals surface area contributed by atoms with Gasteiger partial charge in [0.1, 0.15) is 0 Å². The first-order valence-corrected chi connectivity index (χ1v) is 7.49. The largest absolute Gasteiger partial charge is 0.351 e. The van der Waals surface area contributed by atoms with E-state index in [1.807, 2.05) is 19.1 Å². The number of nitrogens with one attached hydrogen (secondary N) is 1. The molecule has 0 saturated heterocycles. The molecule has 2 heterocycles. The van der Waals surface area contributed by atoms with E-state index in [1.165, 1.54) is 0 Å². The number of hydrogen-bond acceptors (Lipinski definition) is 4. The van der Waals surface area contributed by atoms with Gasteiger partial charge in [-0.3, -0.25) is 9.78 Å². The van der Waals surface area contributed by atoms with Gasteiger partial charge in [0.05, 0.1) is 23.7 Å². The minimum absolute atomic E-state index is 0.0110. The molecule has 0 spiro atoms. The maximum atomic E-state index is 11.9. The van der Waals surface area contributed by atoms with E-state index in [-0.39, 0.29) is 5.91 Å². The van der Waals surface area contributed by atoms with Crippen LogP contribution in [0.15, 0.2) is 24.5 Å². The van der Waals surface area contributed by atoms with E-state index >= 15 is 0 Å². The molecule has 0 atom stereocenters. The minimum atomic E-state index is 0.0110. The van der Waals surface area contributed by atoms with E-state index in [9.17, 15) is 4.79 Å². The Labute approximate surface area is 123 Å². The van der Waals surface area contributed by atoms with Gasteiger partial charge in [-0.25, -0.2) is 4.98 Å². The molecule has 2 aromatic heterocycles. The number of thiazole rings is 1. The number of pyridine rings is 1. The van der Waals surface area contributed by atoms with Crippen LogP contribution in [0.5, 0.6) is 0 Å². The van der Waals surface area contributed by atoms with Crippen LogP contribution in [0.1, 0.15) is 40.9 Å². The molecule has 0 unspecified atom stereocenters. The first-order valence-electron chi connectivity index (χ1n) is 6.68. The Morgan fingerprint density at radius 2 is 2.25 bits per heavy atom. The average Bonchev–Trinajstić information content (AvgIpc) is 2.79. The Bertz CT molecular complexity index is 578. The Morgan fingerprint density at radius 1 is 1.45 bits per heavy atom. The first kappa shape index (κ1) is 14.7. The highest BCUT2D eigenvalue weighted by Gasteiger charge is 2.11. The van der Waals surface area contributed by atoms with Gasteiger partial charge in [-0.15, -0.1) is 11.3 Å². The molecule has 106 valence electrons. The van der Waals surface area contributed by atoms with Gasteiger partial charge in [-0.1, -0.05) is 19.9 Å². The number of aryl methyl sites for hydroxylation is 1. The molecule has 2 aromatic rings. The molecule has 2 rings (SSSR count). The second-order valence-electron chi connectivity index (χ2n) is 5.03. The van der Waals surface area contributed by atoms with Crippen molar-refractivity contribution in [2.45, 2.75) is 39.7 Å². The van der Waals surface area contributed by atoms with Crippen molar-refractivity contribution < 1.29 is 4.79 Å². The van der Waals surface area contributed by atoms with Gasteiger partial charge in [0.2, 0.25) is 5.91 Å². The predicted molar refractivity (Wildman–Crippen MR) is 80.7 cm³/mol. The van der Waals surface area contributed by atoms with Crippen molar-refractivity contribution in [3.05, 3.63) is 45.7 Å². The van der Waals surface area contributed by atoms with Crippen LogP contribution in [0.3, 0.4) is 0 Å². The molecular weight excluding hydrogens is 270 g/mol. The third-order valence-corrected chi connectivity index (χ3v) is 4.39. The molecule has 0 aliphatic rings. The third-order valence-electron chi connectivity index (χ3n) is 2.94. The fourth-order valence-corrected chi connectivity index (χ4v) is 2.80. The fourth-order valence-electron chi connectivity index (χ4n) is 1.79. The van der Waals surface area contributed by atoms with Crippen LogP contribution in [0.2, 0.25) is 0 Å². The van der Waals surface area contributed by atoms with Crippen LogP contribution in [-0.4, -0.2) is 15.9 Å². The molecule has 5 heteroatoms. The number of aromatic nitrogens is 2. The van der Waals surface area contributed by atoms with Crippen molar-refractivity contribution in [2.24, 2.45) is 0 Å². The number of carbonyl (C=O) groups excluding carboxylic acids is 1. The van der Waals surface area contributed by atoms with Crippen molar-refractivity contribution in [3.8, 4) is 0 Å². The first-order chi connectivity index (χ1) is 9.56. The summed E-state index contributed by atoms with van der Waals surface area (Å²) in [4.78, 5) is 21.5. The number of nitrogens with zero attached hydrogens (tertiary/aromatic N) is 2. The van der Waals surface area contributed by atoms with E-state index in [1.54, 1.807) is 23.7 Å². The molecule has 4 nitrogen and oxygen atoms in total. The van der Waals surface area contributed by atoms with Crippen LogP contribution in [0.25, 0.3) is 0 Å². The molecule has 1 N–H and O–H groups in total. The third kappa shape index (κ3) is 3.87. The quantitative estimate of drug-likeness (QED) is 0.921. The van der Waals surface area contributed by atoms with Crippen molar-refractivity contribution >= 4 is 17.2 Å². The molecule has 0 aliphatic carbocycles. The smallest absolute Gasteiger partial charge is 0.224 e. The monoisotopic (exact) mass is 289 g/mol. The summed E-state index contributed by atoms with van der Waals surface area (Å²) in [6.07, 6.45) is 3.78. The van der Waals surface area contributed by atoms with E-state index in [4.69, 9.17) is 0 Å². The number of rotatable bonds is 5. The fraction of sp³-hybridized carbons (Fsp3) is 0.400. The van der Waals surface area contributed by atoms with E-state index in [2.05, 4.69) is 29.1 Å². The Hall–Kier alpha value is -1.75. The Morgan fingerprint density at radius 3 is 2.85 bits per heavy atom. The molecule has 0 bridgehead atoms. The second-order valence-corrected chi connectivity index (χ2v) is 6.15. The van der Waals surface area contributed by atoms with Crippen LogP contribution in [0, 0.1) is 6.92 Å². The maximum absolute atomic E-state index is 11.9. The number of amides is 1. The zero-order chi connectivity index (χ0) is 14.5. The predicted octanol–water partition coefficient (Wildman–Crippen LogP) is 2.83. The zero-order valence-electron chi connectivity index (χ0n) is 12.0. The molecular formula is C15H19N3OS. The van der Waals surface area contributed by atoms with Gasteiger partial charge >= 0.3 is 0 Å². The van der Waals surface area contributed by atoms with Gasteiger partial charge in [0.25, 0.3) is 0 Å². The average molecular weight is 289 g/mol. The topological polar surface area (TPSA) is 54.9 Å². The molecule has 0 aliphatic heterocycles. The van der Waals surface area contributed by atoms with E-state index in [0.717, 1.165) is 21.1 Å². The second kappa shape index (κ2) is 6.61. The lowest BCUT2D eigenvalue weighted by atomic mass is 10.2. The van der Waals surface area contributed by atoms with Crippen molar-refractivity contribution in [1.29, 1.82) is 0 Å². The molecule has 0 aromatic carbocycles. The van der Waals surface area contributed by atoms with Crippen molar-refractivity contribution in [3.63, 3.8) is 0 Å². The van der Waals surface area contributed by atoms with Crippen LogP contribution < -0.4 is 5.32 Å². The lowest BCUT2D eigenvalue weighted by Crippen LogP contribution is -2.24. The molecule has 1 amide bonds. The molecule has 20 heavy (non-hydrogen) atoms. The van der Waals surface area contributed by atoms with Crippen LogP contribution in [-0.2, 0) is 17.8 Å². The zero-order valence-corrected chi connectivity index (χ0v) is 12.8. The van der Waals surface area contributed by atoms with Gasteiger partial charge < -0.3 is 5.32 Å². The van der Waals surface area contributed by atoms with Crippen molar-refractivity contribution in [1.82, 2.24) is 15.3 Å². The van der Waals surface area contributed by atoms with Gasteiger partial charge in [0.15, 0.2) is 0 Å². The normalized spacial score (nSPS) is 10.8. The summed E-state index contributed by atoms with van der Waals surface area (Å²) in [5.74, 6) is 0.440. The highest BCUT2D eigenvalue weighted by molar-refractivity contribution is 7.11. The Kier molecular flexibility index (Phi) is 4.84. The minimum Gasteiger partial charge on any atom is -0.351 e. The lowest BCUT2D eigenvalue weighted by molar-refractivity contribution is -0.120. The van der Waals surface area contributed by atoms with Gasteiger partial charge in [0, 0.05) is 23.2 Å². The summed E-state index contributed by atoms with van der Waals surface area (Å²) < 4.78 is 0. The van der Waals surface area contributed by atoms with Gasteiger partial charge in [-0.05, 0) is 18.6 Å². The summed E-state index contributed by atoms with van der Waals surface area (Å²) in [5, 5.41) is 4.07.